The highest BCUT2D eigenvalue weighted by atomic mass is 19.1. The molecule has 0 unspecified atom stereocenters. The Morgan fingerprint density at radius 1 is 0.800 bits per heavy atom. The summed E-state index contributed by atoms with van der Waals surface area (Å²) in [4.78, 5) is 0. The molecule has 0 spiro atoms. The van der Waals surface area contributed by atoms with Crippen LogP contribution in [-0.4, -0.2) is 6.54 Å². The molecule has 0 atom stereocenters. The predicted molar refractivity (Wildman–Crippen MR) is 103 cm³/mol. The first-order valence-electron chi connectivity index (χ1n) is 8.59. The summed E-state index contributed by atoms with van der Waals surface area (Å²) in [6.07, 6.45) is 3.18. The van der Waals surface area contributed by atoms with Gasteiger partial charge in [0.15, 0.2) is 0 Å². The highest BCUT2D eigenvalue weighted by molar-refractivity contribution is 5.79. The van der Waals surface area contributed by atoms with Crippen molar-refractivity contribution in [3.8, 4) is 0 Å². The Morgan fingerprint density at radius 3 is 2.04 bits per heavy atom. The standard InChI is InChI=1S/C23H22FN/c24-22-14-7-9-19(17-22)18-25-16-8-15-23(20-10-3-1-4-11-20)21-12-5-2-6-13-21/h1-7,9-15,17,25H,8,16,18H2. The number of benzene rings is 3. The van der Waals surface area contributed by atoms with Gasteiger partial charge in [0.05, 0.1) is 0 Å². The van der Waals surface area contributed by atoms with Gasteiger partial charge in [-0.15, -0.1) is 0 Å². The fraction of sp³-hybridized carbons (Fsp3) is 0.130. The molecule has 126 valence electrons. The molecule has 3 aromatic carbocycles. The summed E-state index contributed by atoms with van der Waals surface area (Å²) in [5.41, 5.74) is 4.65. The van der Waals surface area contributed by atoms with Gasteiger partial charge in [0, 0.05) is 6.54 Å². The van der Waals surface area contributed by atoms with E-state index in [0.29, 0.717) is 6.54 Å². The molecule has 0 radical (unpaired) electrons. The molecule has 3 rings (SSSR count). The quantitative estimate of drug-likeness (QED) is 0.569. The second kappa shape index (κ2) is 8.95. The SMILES string of the molecule is Fc1cccc(CNCCC=C(c2ccccc2)c2ccccc2)c1. The maximum atomic E-state index is 13.2. The smallest absolute Gasteiger partial charge is 0.123 e. The molecular weight excluding hydrogens is 309 g/mol. The Bertz CT molecular complexity index is 768. The van der Waals surface area contributed by atoms with Crippen LogP contribution < -0.4 is 5.32 Å². The van der Waals surface area contributed by atoms with Gasteiger partial charge in [0.2, 0.25) is 0 Å². The van der Waals surface area contributed by atoms with Crippen molar-refractivity contribution in [3.63, 3.8) is 0 Å². The molecule has 0 bridgehead atoms. The van der Waals surface area contributed by atoms with E-state index in [4.69, 9.17) is 0 Å². The van der Waals surface area contributed by atoms with Crippen molar-refractivity contribution >= 4 is 5.57 Å². The zero-order chi connectivity index (χ0) is 17.3. The van der Waals surface area contributed by atoms with Crippen molar-refractivity contribution in [1.29, 1.82) is 0 Å². The first-order chi connectivity index (χ1) is 12.3. The highest BCUT2D eigenvalue weighted by Crippen LogP contribution is 2.23. The van der Waals surface area contributed by atoms with Crippen LogP contribution in [0.2, 0.25) is 0 Å². The lowest BCUT2D eigenvalue weighted by Crippen LogP contribution is -2.14. The van der Waals surface area contributed by atoms with Crippen LogP contribution in [0.3, 0.4) is 0 Å². The summed E-state index contributed by atoms with van der Waals surface area (Å²) >= 11 is 0. The van der Waals surface area contributed by atoms with Gasteiger partial charge in [-0.25, -0.2) is 4.39 Å². The molecule has 0 aliphatic carbocycles. The van der Waals surface area contributed by atoms with E-state index in [1.54, 1.807) is 12.1 Å². The van der Waals surface area contributed by atoms with Crippen LogP contribution in [0, 0.1) is 5.82 Å². The van der Waals surface area contributed by atoms with Gasteiger partial charge in [-0.1, -0.05) is 78.9 Å². The van der Waals surface area contributed by atoms with Crippen LogP contribution in [0.1, 0.15) is 23.1 Å². The monoisotopic (exact) mass is 331 g/mol. The minimum Gasteiger partial charge on any atom is -0.312 e. The van der Waals surface area contributed by atoms with Crippen LogP contribution in [-0.2, 0) is 6.54 Å². The fourth-order valence-electron chi connectivity index (χ4n) is 2.84. The Balaban J connectivity index is 1.63. The van der Waals surface area contributed by atoms with Crippen molar-refractivity contribution in [2.24, 2.45) is 0 Å². The Morgan fingerprint density at radius 2 is 1.44 bits per heavy atom. The number of hydrogen-bond acceptors (Lipinski definition) is 1. The Hall–Kier alpha value is -2.71. The molecule has 0 aliphatic heterocycles. The average Bonchev–Trinajstić information content (AvgIpc) is 2.66. The molecule has 0 aliphatic rings. The van der Waals surface area contributed by atoms with Gasteiger partial charge in [-0.3, -0.25) is 0 Å². The molecule has 0 heterocycles. The van der Waals surface area contributed by atoms with Gasteiger partial charge in [0.25, 0.3) is 0 Å². The lowest BCUT2D eigenvalue weighted by atomic mass is 9.97. The van der Waals surface area contributed by atoms with E-state index >= 15 is 0 Å². The summed E-state index contributed by atoms with van der Waals surface area (Å²) in [6, 6.07) is 27.6. The Labute approximate surface area is 148 Å². The van der Waals surface area contributed by atoms with E-state index < -0.39 is 0 Å². The fourth-order valence-corrected chi connectivity index (χ4v) is 2.84. The van der Waals surface area contributed by atoms with Crippen LogP contribution in [0.5, 0.6) is 0 Å². The summed E-state index contributed by atoms with van der Waals surface area (Å²) < 4.78 is 13.2. The summed E-state index contributed by atoms with van der Waals surface area (Å²) in [7, 11) is 0. The van der Waals surface area contributed by atoms with E-state index in [0.717, 1.165) is 18.5 Å². The van der Waals surface area contributed by atoms with Crippen molar-refractivity contribution < 1.29 is 4.39 Å². The lowest BCUT2D eigenvalue weighted by Gasteiger charge is -2.09. The molecule has 0 saturated heterocycles. The second-order valence-corrected chi connectivity index (χ2v) is 5.95. The van der Waals surface area contributed by atoms with Gasteiger partial charge >= 0.3 is 0 Å². The minimum absolute atomic E-state index is 0.186. The molecule has 1 nitrogen and oxygen atoms in total. The lowest BCUT2D eigenvalue weighted by molar-refractivity contribution is 0.620. The first-order valence-corrected chi connectivity index (χ1v) is 8.59. The van der Waals surface area contributed by atoms with Crippen LogP contribution in [0.15, 0.2) is 91.0 Å². The molecule has 0 aromatic heterocycles. The first kappa shape index (κ1) is 17.1. The van der Waals surface area contributed by atoms with Crippen molar-refractivity contribution in [1.82, 2.24) is 5.32 Å². The number of rotatable bonds is 7. The van der Waals surface area contributed by atoms with Crippen molar-refractivity contribution in [3.05, 3.63) is 114 Å². The molecule has 0 amide bonds. The van der Waals surface area contributed by atoms with Gasteiger partial charge in [0.1, 0.15) is 5.82 Å². The molecule has 3 aromatic rings. The molecular formula is C23H22FN. The van der Waals surface area contributed by atoms with Gasteiger partial charge in [-0.2, -0.15) is 0 Å². The largest absolute Gasteiger partial charge is 0.312 e. The third-order valence-electron chi connectivity index (χ3n) is 4.06. The molecule has 25 heavy (non-hydrogen) atoms. The molecule has 1 N–H and O–H groups in total. The molecule has 0 fully saturated rings. The number of hydrogen-bond donors (Lipinski definition) is 1. The molecule has 2 heteroatoms. The van der Waals surface area contributed by atoms with Crippen molar-refractivity contribution in [2.75, 3.05) is 6.54 Å². The third-order valence-corrected chi connectivity index (χ3v) is 4.06. The Kier molecular flexibility index (Phi) is 6.13. The summed E-state index contributed by atoms with van der Waals surface area (Å²) in [6.45, 7) is 1.53. The third kappa shape index (κ3) is 5.13. The predicted octanol–water partition coefficient (Wildman–Crippen LogP) is 5.44. The van der Waals surface area contributed by atoms with E-state index in [1.165, 1.54) is 22.8 Å². The number of nitrogens with one attached hydrogen (secondary N) is 1. The maximum Gasteiger partial charge on any atom is 0.123 e. The topological polar surface area (TPSA) is 12.0 Å². The van der Waals surface area contributed by atoms with Gasteiger partial charge in [-0.05, 0) is 47.4 Å². The van der Waals surface area contributed by atoms with Crippen molar-refractivity contribution in [2.45, 2.75) is 13.0 Å². The van der Waals surface area contributed by atoms with E-state index in [9.17, 15) is 4.39 Å². The van der Waals surface area contributed by atoms with E-state index in [1.807, 2.05) is 18.2 Å². The van der Waals surface area contributed by atoms with Crippen LogP contribution in [0.25, 0.3) is 5.57 Å². The van der Waals surface area contributed by atoms with Crippen LogP contribution >= 0.6 is 0 Å². The average molecular weight is 331 g/mol. The second-order valence-electron chi connectivity index (χ2n) is 5.95. The van der Waals surface area contributed by atoms with E-state index in [2.05, 4.69) is 59.9 Å². The number of halogens is 1. The normalized spacial score (nSPS) is 10.4. The minimum atomic E-state index is -0.186. The summed E-state index contributed by atoms with van der Waals surface area (Å²) in [5, 5.41) is 3.38. The molecule has 0 saturated carbocycles. The summed E-state index contributed by atoms with van der Waals surface area (Å²) in [5.74, 6) is -0.186. The van der Waals surface area contributed by atoms with Gasteiger partial charge < -0.3 is 5.32 Å². The van der Waals surface area contributed by atoms with E-state index in [-0.39, 0.29) is 5.82 Å². The zero-order valence-corrected chi connectivity index (χ0v) is 14.2. The van der Waals surface area contributed by atoms with Crippen LogP contribution in [0.4, 0.5) is 4.39 Å². The highest BCUT2D eigenvalue weighted by Gasteiger charge is 2.03. The maximum absolute atomic E-state index is 13.2. The zero-order valence-electron chi connectivity index (χ0n) is 14.2.